The molecule has 1 saturated carbocycles. The number of benzene rings is 2. The van der Waals surface area contributed by atoms with E-state index in [0.29, 0.717) is 0 Å². The Morgan fingerprint density at radius 2 is 2.04 bits per heavy atom. The molecule has 5 rings (SSSR count). The molecule has 1 aliphatic carbocycles. The van der Waals surface area contributed by atoms with Gasteiger partial charge in [-0.3, -0.25) is 0 Å². The standard InChI is InChI=1S/C21H20BrN3OS/c1-27-16-4-5-18-17(10-16)20(24-13-23-18)25-11-14-9-15(22)3-6-19(14)26-21(12-25)7-2-8-21/h3-6,9-10,13H,2,7-8,11-12H2,1H3. The van der Waals surface area contributed by atoms with Crippen molar-refractivity contribution in [1.29, 1.82) is 0 Å². The Labute approximate surface area is 171 Å². The molecule has 1 spiro atoms. The maximum absolute atomic E-state index is 6.53. The second-order valence-electron chi connectivity index (χ2n) is 7.33. The second-order valence-corrected chi connectivity index (χ2v) is 9.12. The third kappa shape index (κ3) is 3.09. The third-order valence-electron chi connectivity index (χ3n) is 5.58. The van der Waals surface area contributed by atoms with Crippen LogP contribution in [0.5, 0.6) is 5.75 Å². The highest BCUT2D eigenvalue weighted by molar-refractivity contribution is 9.10. The number of thioether (sulfide) groups is 1. The number of hydrogen-bond acceptors (Lipinski definition) is 5. The van der Waals surface area contributed by atoms with Crippen LogP contribution in [0, 0.1) is 0 Å². The molecule has 27 heavy (non-hydrogen) atoms. The lowest BCUT2D eigenvalue weighted by Gasteiger charge is -2.43. The molecule has 0 atom stereocenters. The smallest absolute Gasteiger partial charge is 0.140 e. The summed E-state index contributed by atoms with van der Waals surface area (Å²) >= 11 is 5.35. The van der Waals surface area contributed by atoms with Gasteiger partial charge in [0.05, 0.1) is 12.1 Å². The van der Waals surface area contributed by atoms with E-state index in [0.717, 1.165) is 52.9 Å². The number of anilines is 1. The van der Waals surface area contributed by atoms with E-state index in [4.69, 9.17) is 9.72 Å². The Hall–Kier alpha value is -1.79. The summed E-state index contributed by atoms with van der Waals surface area (Å²) < 4.78 is 7.61. The molecule has 0 amide bonds. The molecule has 1 fully saturated rings. The van der Waals surface area contributed by atoms with Crippen LogP contribution in [0.4, 0.5) is 5.82 Å². The fourth-order valence-corrected chi connectivity index (χ4v) is 4.88. The van der Waals surface area contributed by atoms with Crippen LogP contribution < -0.4 is 9.64 Å². The lowest BCUT2D eigenvalue weighted by atomic mass is 9.79. The van der Waals surface area contributed by atoms with Crippen LogP contribution in [0.15, 0.2) is 52.1 Å². The number of nitrogens with zero attached hydrogens (tertiary/aromatic N) is 3. The predicted molar refractivity (Wildman–Crippen MR) is 114 cm³/mol. The number of rotatable bonds is 2. The van der Waals surface area contributed by atoms with Crippen molar-refractivity contribution in [3.8, 4) is 5.75 Å². The van der Waals surface area contributed by atoms with E-state index in [1.807, 2.05) is 0 Å². The minimum Gasteiger partial charge on any atom is -0.485 e. The number of fused-ring (bicyclic) bond motifs is 2. The van der Waals surface area contributed by atoms with E-state index in [1.165, 1.54) is 16.9 Å². The fraction of sp³-hybridized carbons (Fsp3) is 0.333. The molecule has 0 radical (unpaired) electrons. The molecular formula is C21H20BrN3OS. The lowest BCUT2D eigenvalue weighted by molar-refractivity contribution is 0.00331. The molecule has 2 heterocycles. The van der Waals surface area contributed by atoms with E-state index in [2.05, 4.69) is 68.5 Å². The maximum atomic E-state index is 6.53. The number of hydrogen-bond donors (Lipinski definition) is 0. The summed E-state index contributed by atoms with van der Waals surface area (Å²) in [7, 11) is 0. The maximum Gasteiger partial charge on any atom is 0.140 e. The molecule has 138 valence electrons. The monoisotopic (exact) mass is 441 g/mol. The van der Waals surface area contributed by atoms with Crippen molar-refractivity contribution in [3.63, 3.8) is 0 Å². The van der Waals surface area contributed by atoms with E-state index in [9.17, 15) is 0 Å². The second kappa shape index (κ2) is 6.67. The van der Waals surface area contributed by atoms with Crippen molar-refractivity contribution in [2.24, 2.45) is 0 Å². The normalized spacial score (nSPS) is 17.9. The van der Waals surface area contributed by atoms with Crippen molar-refractivity contribution >= 4 is 44.4 Å². The van der Waals surface area contributed by atoms with Crippen molar-refractivity contribution in [2.45, 2.75) is 36.3 Å². The molecule has 0 bridgehead atoms. The minimum absolute atomic E-state index is 0.104. The van der Waals surface area contributed by atoms with Crippen molar-refractivity contribution in [1.82, 2.24) is 9.97 Å². The van der Waals surface area contributed by atoms with E-state index >= 15 is 0 Å². The van der Waals surface area contributed by atoms with Gasteiger partial charge in [0.1, 0.15) is 23.5 Å². The average molecular weight is 442 g/mol. The topological polar surface area (TPSA) is 38.2 Å². The van der Waals surface area contributed by atoms with Crippen LogP contribution in [-0.4, -0.2) is 28.4 Å². The van der Waals surface area contributed by atoms with Gasteiger partial charge in [-0.15, -0.1) is 11.8 Å². The quantitative estimate of drug-likeness (QED) is 0.495. The Bertz CT molecular complexity index is 1020. The van der Waals surface area contributed by atoms with Gasteiger partial charge in [0.15, 0.2) is 0 Å². The summed E-state index contributed by atoms with van der Waals surface area (Å²) in [5.74, 6) is 2.00. The first kappa shape index (κ1) is 17.3. The third-order valence-corrected chi connectivity index (χ3v) is 6.79. The highest BCUT2D eigenvalue weighted by Crippen LogP contribution is 2.43. The number of halogens is 1. The van der Waals surface area contributed by atoms with Crippen LogP contribution in [-0.2, 0) is 6.54 Å². The van der Waals surface area contributed by atoms with E-state index < -0.39 is 0 Å². The molecule has 1 aliphatic heterocycles. The summed E-state index contributed by atoms with van der Waals surface area (Å²) in [6.07, 6.45) is 7.19. The predicted octanol–water partition coefficient (Wildman–Crippen LogP) is 5.44. The summed E-state index contributed by atoms with van der Waals surface area (Å²) in [5.41, 5.74) is 2.08. The SMILES string of the molecule is CSc1ccc2ncnc(N3Cc4cc(Br)ccc4OC4(CCC4)C3)c2c1. The van der Waals surface area contributed by atoms with Gasteiger partial charge < -0.3 is 9.64 Å². The largest absolute Gasteiger partial charge is 0.485 e. The Balaban J connectivity index is 1.64. The minimum atomic E-state index is -0.104. The number of aromatic nitrogens is 2. The summed E-state index contributed by atoms with van der Waals surface area (Å²) in [6, 6.07) is 12.7. The van der Waals surface area contributed by atoms with Gasteiger partial charge in [-0.1, -0.05) is 15.9 Å². The molecule has 3 aromatic rings. The van der Waals surface area contributed by atoms with Crippen LogP contribution in [0.3, 0.4) is 0 Å². The molecule has 1 aromatic heterocycles. The van der Waals surface area contributed by atoms with Gasteiger partial charge in [-0.2, -0.15) is 0 Å². The molecule has 4 nitrogen and oxygen atoms in total. The Morgan fingerprint density at radius 3 is 2.81 bits per heavy atom. The van der Waals surface area contributed by atoms with Crippen LogP contribution in [0.2, 0.25) is 0 Å². The molecular weight excluding hydrogens is 422 g/mol. The highest BCUT2D eigenvalue weighted by atomic mass is 79.9. The van der Waals surface area contributed by atoms with Crippen LogP contribution >= 0.6 is 27.7 Å². The lowest BCUT2D eigenvalue weighted by Crippen LogP contribution is -2.51. The molecule has 2 aromatic carbocycles. The summed E-state index contributed by atoms with van der Waals surface area (Å²) in [4.78, 5) is 12.8. The fourth-order valence-electron chi connectivity index (χ4n) is 4.03. The summed E-state index contributed by atoms with van der Waals surface area (Å²) in [6.45, 7) is 1.64. The van der Waals surface area contributed by atoms with Gasteiger partial charge in [0.2, 0.25) is 0 Å². The molecule has 0 N–H and O–H groups in total. The van der Waals surface area contributed by atoms with Crippen molar-refractivity contribution in [3.05, 3.63) is 52.8 Å². The van der Waals surface area contributed by atoms with Gasteiger partial charge >= 0.3 is 0 Å². The zero-order chi connectivity index (χ0) is 18.4. The zero-order valence-electron chi connectivity index (χ0n) is 15.1. The average Bonchev–Trinajstić information content (AvgIpc) is 2.83. The van der Waals surface area contributed by atoms with Crippen LogP contribution in [0.1, 0.15) is 24.8 Å². The van der Waals surface area contributed by atoms with E-state index in [-0.39, 0.29) is 5.60 Å². The number of ether oxygens (including phenoxy) is 1. The first-order chi connectivity index (χ1) is 13.2. The first-order valence-electron chi connectivity index (χ1n) is 9.17. The van der Waals surface area contributed by atoms with Gasteiger partial charge in [-0.25, -0.2) is 9.97 Å². The highest BCUT2D eigenvalue weighted by Gasteiger charge is 2.43. The first-order valence-corrected chi connectivity index (χ1v) is 11.2. The molecule has 2 aliphatic rings. The van der Waals surface area contributed by atoms with Gasteiger partial charge in [-0.05, 0) is 61.9 Å². The zero-order valence-corrected chi connectivity index (χ0v) is 17.5. The Morgan fingerprint density at radius 1 is 1.15 bits per heavy atom. The molecule has 0 unspecified atom stereocenters. The summed E-state index contributed by atoms with van der Waals surface area (Å²) in [5, 5.41) is 1.11. The van der Waals surface area contributed by atoms with Gasteiger partial charge in [0, 0.05) is 26.9 Å². The Kier molecular flexibility index (Phi) is 4.28. The van der Waals surface area contributed by atoms with Crippen molar-refractivity contribution in [2.75, 3.05) is 17.7 Å². The van der Waals surface area contributed by atoms with Gasteiger partial charge in [0.25, 0.3) is 0 Å². The molecule has 6 heteroatoms. The molecule has 0 saturated heterocycles. The van der Waals surface area contributed by atoms with Crippen molar-refractivity contribution < 1.29 is 4.74 Å². The van der Waals surface area contributed by atoms with E-state index in [1.54, 1.807) is 18.1 Å². The van der Waals surface area contributed by atoms with Crippen LogP contribution in [0.25, 0.3) is 10.9 Å².